The maximum Gasteiger partial charge on any atom is 0.191 e. The minimum atomic E-state index is 0.565. The monoisotopic (exact) mass is 351 g/mol. The molecule has 2 aliphatic heterocycles. The Kier molecular flexibility index (Phi) is 9.04. The van der Waals surface area contributed by atoms with Gasteiger partial charge in [-0.1, -0.05) is 6.42 Å². The average molecular weight is 352 g/mol. The lowest BCUT2D eigenvalue weighted by molar-refractivity contribution is 0.160. The summed E-state index contributed by atoms with van der Waals surface area (Å²) in [6.45, 7) is 15.8. The van der Waals surface area contributed by atoms with Crippen LogP contribution in [0.1, 0.15) is 66.2 Å². The van der Waals surface area contributed by atoms with Crippen molar-refractivity contribution in [2.75, 3.05) is 39.3 Å². The second kappa shape index (κ2) is 11.0. The van der Waals surface area contributed by atoms with Gasteiger partial charge in [0, 0.05) is 50.8 Å². The quantitative estimate of drug-likeness (QED) is 0.420. The number of guanidine groups is 1. The minimum Gasteiger partial charge on any atom is -0.357 e. The van der Waals surface area contributed by atoms with E-state index in [9.17, 15) is 0 Å². The Morgan fingerprint density at radius 2 is 1.88 bits per heavy atom. The van der Waals surface area contributed by atoms with E-state index >= 15 is 0 Å². The lowest BCUT2D eigenvalue weighted by Gasteiger charge is -2.35. The van der Waals surface area contributed by atoms with Crippen LogP contribution in [0.15, 0.2) is 4.99 Å². The molecule has 2 N–H and O–H groups in total. The van der Waals surface area contributed by atoms with Crippen molar-refractivity contribution in [2.24, 2.45) is 4.99 Å². The molecule has 1 atom stereocenters. The smallest absolute Gasteiger partial charge is 0.191 e. The van der Waals surface area contributed by atoms with Gasteiger partial charge in [-0.05, 0) is 66.3 Å². The van der Waals surface area contributed by atoms with Crippen LogP contribution in [0.2, 0.25) is 0 Å². The van der Waals surface area contributed by atoms with Gasteiger partial charge in [0.25, 0.3) is 0 Å². The Bertz CT molecular complexity index is 388. The highest BCUT2D eigenvalue weighted by molar-refractivity contribution is 5.80. The molecule has 2 saturated heterocycles. The van der Waals surface area contributed by atoms with Gasteiger partial charge in [0.1, 0.15) is 0 Å². The molecule has 0 aromatic carbocycles. The molecule has 0 bridgehead atoms. The summed E-state index contributed by atoms with van der Waals surface area (Å²) in [5, 5.41) is 7.08. The van der Waals surface area contributed by atoms with Crippen molar-refractivity contribution in [2.45, 2.75) is 84.3 Å². The molecule has 2 aliphatic rings. The van der Waals surface area contributed by atoms with E-state index in [1.54, 1.807) is 0 Å². The highest BCUT2D eigenvalue weighted by atomic mass is 15.2. The predicted molar refractivity (Wildman–Crippen MR) is 108 cm³/mol. The van der Waals surface area contributed by atoms with Crippen molar-refractivity contribution in [1.29, 1.82) is 0 Å². The summed E-state index contributed by atoms with van der Waals surface area (Å²) in [4.78, 5) is 10.0. The van der Waals surface area contributed by atoms with Gasteiger partial charge in [0.2, 0.25) is 0 Å². The van der Waals surface area contributed by atoms with E-state index in [0.717, 1.165) is 31.5 Å². The standard InChI is InChI=1S/C20H41N5/c1-5-21-20(23-19-10-15-24(16-11-19)17(2)3)22-12-8-14-25-13-7-6-9-18(25)4/h17-19H,5-16H2,1-4H3,(H2,21,22,23). The molecular formula is C20H41N5. The SMILES string of the molecule is CCNC(=NCCCN1CCCCC1C)NC1CCN(C(C)C)CC1. The summed E-state index contributed by atoms with van der Waals surface area (Å²) in [5.41, 5.74) is 0. The Hall–Kier alpha value is -0.810. The van der Waals surface area contributed by atoms with Crippen molar-refractivity contribution < 1.29 is 0 Å². The van der Waals surface area contributed by atoms with Crippen LogP contribution in [0, 0.1) is 0 Å². The normalized spacial score (nSPS) is 24.7. The van der Waals surface area contributed by atoms with Crippen LogP contribution >= 0.6 is 0 Å². The van der Waals surface area contributed by atoms with Gasteiger partial charge >= 0.3 is 0 Å². The third-order valence-electron chi connectivity index (χ3n) is 5.76. The summed E-state index contributed by atoms with van der Waals surface area (Å²) in [7, 11) is 0. The van der Waals surface area contributed by atoms with Crippen molar-refractivity contribution in [3.63, 3.8) is 0 Å². The molecule has 146 valence electrons. The van der Waals surface area contributed by atoms with Gasteiger partial charge in [0.05, 0.1) is 0 Å². The summed E-state index contributed by atoms with van der Waals surface area (Å²) in [6, 6.07) is 1.99. The molecule has 0 amide bonds. The van der Waals surface area contributed by atoms with Crippen LogP contribution in [0.4, 0.5) is 0 Å². The highest BCUT2D eigenvalue weighted by Gasteiger charge is 2.21. The number of nitrogens with zero attached hydrogens (tertiary/aromatic N) is 3. The second-order valence-corrected chi connectivity index (χ2v) is 8.04. The first-order valence-corrected chi connectivity index (χ1v) is 10.6. The zero-order valence-electron chi connectivity index (χ0n) is 17.1. The fraction of sp³-hybridized carbons (Fsp3) is 0.950. The molecule has 0 aromatic heterocycles. The van der Waals surface area contributed by atoms with E-state index in [0.29, 0.717) is 12.1 Å². The number of piperidine rings is 2. The van der Waals surface area contributed by atoms with E-state index in [2.05, 4.69) is 48.1 Å². The third kappa shape index (κ3) is 7.14. The molecule has 0 radical (unpaired) electrons. The molecule has 5 heteroatoms. The molecule has 0 aromatic rings. The van der Waals surface area contributed by atoms with Crippen LogP contribution in [-0.4, -0.2) is 73.2 Å². The molecule has 5 nitrogen and oxygen atoms in total. The number of rotatable bonds is 7. The summed E-state index contributed by atoms with van der Waals surface area (Å²) in [5.74, 6) is 1.01. The first-order valence-electron chi connectivity index (χ1n) is 10.6. The number of nitrogens with one attached hydrogen (secondary N) is 2. The Labute approximate surface area is 155 Å². The van der Waals surface area contributed by atoms with Crippen molar-refractivity contribution in [3.05, 3.63) is 0 Å². The molecule has 0 saturated carbocycles. The summed E-state index contributed by atoms with van der Waals surface area (Å²) < 4.78 is 0. The molecule has 0 spiro atoms. The first kappa shape index (κ1) is 20.5. The van der Waals surface area contributed by atoms with Crippen molar-refractivity contribution in [3.8, 4) is 0 Å². The van der Waals surface area contributed by atoms with Gasteiger partial charge in [-0.15, -0.1) is 0 Å². The van der Waals surface area contributed by atoms with Crippen LogP contribution in [-0.2, 0) is 0 Å². The first-order chi connectivity index (χ1) is 12.1. The number of aliphatic imine (C=N–C) groups is 1. The van der Waals surface area contributed by atoms with Crippen molar-refractivity contribution in [1.82, 2.24) is 20.4 Å². The van der Waals surface area contributed by atoms with E-state index in [4.69, 9.17) is 4.99 Å². The number of hydrogen-bond acceptors (Lipinski definition) is 3. The summed E-state index contributed by atoms with van der Waals surface area (Å²) >= 11 is 0. The minimum absolute atomic E-state index is 0.565. The van der Waals surface area contributed by atoms with Crippen LogP contribution in [0.25, 0.3) is 0 Å². The van der Waals surface area contributed by atoms with Crippen LogP contribution in [0.5, 0.6) is 0 Å². The Morgan fingerprint density at radius 1 is 1.12 bits per heavy atom. The van der Waals surface area contributed by atoms with Gasteiger partial charge in [0.15, 0.2) is 5.96 Å². The van der Waals surface area contributed by atoms with Gasteiger partial charge < -0.3 is 20.4 Å². The zero-order valence-corrected chi connectivity index (χ0v) is 17.1. The largest absolute Gasteiger partial charge is 0.357 e. The maximum absolute atomic E-state index is 4.83. The van der Waals surface area contributed by atoms with Gasteiger partial charge in [-0.2, -0.15) is 0 Å². The molecule has 1 unspecified atom stereocenters. The third-order valence-corrected chi connectivity index (χ3v) is 5.76. The lowest BCUT2D eigenvalue weighted by atomic mass is 10.0. The topological polar surface area (TPSA) is 42.9 Å². The summed E-state index contributed by atoms with van der Waals surface area (Å²) in [6.07, 6.45) is 7.73. The van der Waals surface area contributed by atoms with E-state index in [1.165, 1.54) is 58.3 Å². The van der Waals surface area contributed by atoms with Crippen LogP contribution in [0.3, 0.4) is 0 Å². The van der Waals surface area contributed by atoms with Gasteiger partial charge in [-0.25, -0.2) is 0 Å². The molecule has 25 heavy (non-hydrogen) atoms. The van der Waals surface area contributed by atoms with E-state index < -0.39 is 0 Å². The fourth-order valence-electron chi connectivity index (χ4n) is 4.03. The molecule has 0 aliphatic carbocycles. The predicted octanol–water partition coefficient (Wildman–Crippen LogP) is 2.68. The molecule has 2 rings (SSSR count). The maximum atomic E-state index is 4.83. The highest BCUT2D eigenvalue weighted by Crippen LogP contribution is 2.16. The lowest BCUT2D eigenvalue weighted by Crippen LogP contribution is -2.49. The second-order valence-electron chi connectivity index (χ2n) is 8.04. The molecular weight excluding hydrogens is 310 g/mol. The van der Waals surface area contributed by atoms with Crippen LogP contribution < -0.4 is 10.6 Å². The number of hydrogen-bond donors (Lipinski definition) is 2. The van der Waals surface area contributed by atoms with Crippen molar-refractivity contribution >= 4 is 5.96 Å². The van der Waals surface area contributed by atoms with E-state index in [1.807, 2.05) is 0 Å². The van der Waals surface area contributed by atoms with Gasteiger partial charge in [-0.3, -0.25) is 4.99 Å². The Morgan fingerprint density at radius 3 is 2.52 bits per heavy atom. The zero-order chi connectivity index (χ0) is 18.1. The molecule has 2 heterocycles. The average Bonchev–Trinajstić information content (AvgIpc) is 2.60. The van der Waals surface area contributed by atoms with E-state index in [-0.39, 0.29) is 0 Å². The molecule has 2 fully saturated rings. The Balaban J connectivity index is 1.71. The fourth-order valence-corrected chi connectivity index (χ4v) is 4.03. The number of likely N-dealkylation sites (tertiary alicyclic amines) is 2.